The van der Waals surface area contributed by atoms with Crippen LogP contribution in [0.1, 0.15) is 5.69 Å². The molecule has 4 N–H and O–H groups in total. The number of nitrogens with two attached hydrogens (primary N) is 1. The number of nitrogen functional groups attached to an aromatic ring is 1. The van der Waals surface area contributed by atoms with E-state index in [1.165, 1.54) is 0 Å². The van der Waals surface area contributed by atoms with Gasteiger partial charge in [-0.25, -0.2) is 4.63 Å². The third-order valence-electron chi connectivity index (χ3n) is 1.44. The van der Waals surface area contributed by atoms with E-state index in [4.69, 9.17) is 10.9 Å². The highest BCUT2D eigenvalue weighted by Gasteiger charge is 2.13. The molecular weight excluding hydrogens is 206 g/mol. The molecule has 0 bridgehead atoms. The van der Waals surface area contributed by atoms with Crippen LogP contribution in [0.5, 0.6) is 0 Å². The second kappa shape index (κ2) is 5.32. The van der Waals surface area contributed by atoms with Crippen molar-refractivity contribution in [3.8, 4) is 0 Å². The first-order valence-corrected chi connectivity index (χ1v) is 5.22. The molecule has 8 heteroatoms. The zero-order valence-corrected chi connectivity index (χ0v) is 8.41. The van der Waals surface area contributed by atoms with Crippen molar-refractivity contribution in [3.63, 3.8) is 0 Å². The topological polar surface area (TPSA) is 110 Å². The molecule has 0 radical (unpaired) electrons. The maximum atomic E-state index is 8.68. The van der Waals surface area contributed by atoms with Crippen LogP contribution < -0.4 is 11.1 Å². The minimum Gasteiger partial charge on any atom is -0.409 e. The van der Waals surface area contributed by atoms with Gasteiger partial charge in [0.15, 0.2) is 17.3 Å². The second-order valence-corrected chi connectivity index (χ2v) is 3.35. The summed E-state index contributed by atoms with van der Waals surface area (Å²) in [7, 11) is 0. The van der Waals surface area contributed by atoms with E-state index in [1.54, 1.807) is 11.8 Å². The Kier molecular flexibility index (Phi) is 4.05. The molecule has 0 aliphatic heterocycles. The van der Waals surface area contributed by atoms with Gasteiger partial charge < -0.3 is 16.3 Å². The molecule has 0 atom stereocenters. The van der Waals surface area contributed by atoms with Gasteiger partial charge in [-0.2, -0.15) is 11.8 Å². The number of amidine groups is 1. The molecule has 0 spiro atoms. The second-order valence-electron chi connectivity index (χ2n) is 2.37. The molecule has 1 aromatic heterocycles. The maximum absolute atomic E-state index is 8.68. The SMILES string of the molecule is CSCCN/C(=N\O)c1nonc1N. The molecule has 1 rings (SSSR count). The van der Waals surface area contributed by atoms with E-state index in [0.717, 1.165) is 5.75 Å². The summed E-state index contributed by atoms with van der Waals surface area (Å²) in [6, 6.07) is 0. The zero-order valence-electron chi connectivity index (χ0n) is 7.60. The number of thioether (sulfide) groups is 1. The summed E-state index contributed by atoms with van der Waals surface area (Å²) in [5.41, 5.74) is 5.63. The van der Waals surface area contributed by atoms with Gasteiger partial charge in [0.25, 0.3) is 0 Å². The predicted octanol–water partition coefficient (Wildman–Crippen LogP) is -0.260. The Labute approximate surface area is 84.7 Å². The summed E-state index contributed by atoms with van der Waals surface area (Å²) in [5.74, 6) is 1.14. The first kappa shape index (κ1) is 10.6. The molecule has 0 aliphatic rings. The van der Waals surface area contributed by atoms with Crippen molar-refractivity contribution in [3.05, 3.63) is 5.69 Å². The lowest BCUT2D eigenvalue weighted by atomic mass is 10.4. The van der Waals surface area contributed by atoms with Gasteiger partial charge in [-0.3, -0.25) is 0 Å². The standard InChI is InChI=1S/C6H11N5O2S/c1-14-3-2-8-6(9-12)4-5(7)11-13-10-4/h12H,2-3H2,1H3,(H2,7,11)(H,8,9). The lowest BCUT2D eigenvalue weighted by molar-refractivity contribution is 0.304. The van der Waals surface area contributed by atoms with Gasteiger partial charge in [0.2, 0.25) is 0 Å². The smallest absolute Gasteiger partial charge is 0.199 e. The van der Waals surface area contributed by atoms with E-state index in [0.29, 0.717) is 6.54 Å². The van der Waals surface area contributed by atoms with E-state index >= 15 is 0 Å². The van der Waals surface area contributed by atoms with Crippen molar-refractivity contribution in [2.75, 3.05) is 24.3 Å². The van der Waals surface area contributed by atoms with Gasteiger partial charge in [-0.05, 0) is 16.6 Å². The van der Waals surface area contributed by atoms with Crippen molar-refractivity contribution in [2.45, 2.75) is 0 Å². The Hall–Kier alpha value is -1.44. The summed E-state index contributed by atoms with van der Waals surface area (Å²) in [5, 5.41) is 21.4. The van der Waals surface area contributed by atoms with Crippen LogP contribution >= 0.6 is 11.8 Å². The lowest BCUT2D eigenvalue weighted by Gasteiger charge is -2.03. The normalized spacial score (nSPS) is 11.6. The van der Waals surface area contributed by atoms with Gasteiger partial charge in [-0.1, -0.05) is 5.16 Å². The quantitative estimate of drug-likeness (QED) is 0.209. The van der Waals surface area contributed by atoms with Crippen LogP contribution in [0.3, 0.4) is 0 Å². The molecule has 1 heterocycles. The Bertz CT molecular complexity index is 313. The number of nitrogens with one attached hydrogen (secondary N) is 1. The highest BCUT2D eigenvalue weighted by Crippen LogP contribution is 2.04. The number of rotatable bonds is 4. The largest absolute Gasteiger partial charge is 0.409 e. The fourth-order valence-corrected chi connectivity index (χ4v) is 1.10. The van der Waals surface area contributed by atoms with E-state index in [2.05, 4.69) is 25.4 Å². The fraction of sp³-hybridized carbons (Fsp3) is 0.500. The average Bonchev–Trinajstić information content (AvgIpc) is 2.60. The van der Waals surface area contributed by atoms with Gasteiger partial charge >= 0.3 is 0 Å². The molecule has 0 unspecified atom stereocenters. The van der Waals surface area contributed by atoms with Gasteiger partial charge in [0, 0.05) is 12.3 Å². The molecule has 14 heavy (non-hydrogen) atoms. The summed E-state index contributed by atoms with van der Waals surface area (Å²) >= 11 is 1.67. The summed E-state index contributed by atoms with van der Waals surface area (Å²) in [6.45, 7) is 0.646. The van der Waals surface area contributed by atoms with Gasteiger partial charge in [0.05, 0.1) is 0 Å². The average molecular weight is 217 g/mol. The van der Waals surface area contributed by atoms with E-state index in [1.807, 2.05) is 6.26 Å². The molecule has 0 saturated heterocycles. The number of aromatic nitrogens is 2. The van der Waals surface area contributed by atoms with Crippen molar-refractivity contribution in [1.29, 1.82) is 0 Å². The Balaban J connectivity index is 2.60. The Morgan fingerprint density at radius 2 is 2.50 bits per heavy atom. The molecule has 1 aromatic rings. The Morgan fingerprint density at radius 1 is 1.71 bits per heavy atom. The van der Waals surface area contributed by atoms with Gasteiger partial charge in [0.1, 0.15) is 0 Å². The highest BCUT2D eigenvalue weighted by molar-refractivity contribution is 7.98. The molecule has 7 nitrogen and oxygen atoms in total. The van der Waals surface area contributed by atoms with Crippen LogP contribution in [0.15, 0.2) is 9.78 Å². The fourth-order valence-electron chi connectivity index (χ4n) is 0.798. The highest BCUT2D eigenvalue weighted by atomic mass is 32.2. The number of oxime groups is 1. The molecule has 0 saturated carbocycles. The summed E-state index contributed by atoms with van der Waals surface area (Å²) < 4.78 is 4.37. The van der Waals surface area contributed by atoms with Crippen LogP contribution in [0, 0.1) is 0 Å². The zero-order chi connectivity index (χ0) is 10.4. The number of anilines is 1. The van der Waals surface area contributed by atoms with Gasteiger partial charge in [-0.15, -0.1) is 0 Å². The Morgan fingerprint density at radius 3 is 3.00 bits per heavy atom. The van der Waals surface area contributed by atoms with Crippen LogP contribution in [0.2, 0.25) is 0 Å². The minimum absolute atomic E-state index is 0.0921. The third-order valence-corrected chi connectivity index (χ3v) is 2.05. The molecule has 78 valence electrons. The summed E-state index contributed by atoms with van der Waals surface area (Å²) in [6.07, 6.45) is 1.98. The lowest BCUT2D eigenvalue weighted by Crippen LogP contribution is -2.27. The first-order valence-electron chi connectivity index (χ1n) is 3.83. The predicted molar refractivity (Wildman–Crippen MR) is 53.4 cm³/mol. The number of hydrogen-bond donors (Lipinski definition) is 3. The molecule has 0 aliphatic carbocycles. The first-order chi connectivity index (χ1) is 6.79. The third kappa shape index (κ3) is 2.52. The van der Waals surface area contributed by atoms with E-state index < -0.39 is 0 Å². The number of nitrogens with zero attached hydrogens (tertiary/aromatic N) is 3. The van der Waals surface area contributed by atoms with Crippen LogP contribution in [-0.4, -0.2) is 39.9 Å². The van der Waals surface area contributed by atoms with E-state index in [9.17, 15) is 0 Å². The summed E-state index contributed by atoms with van der Waals surface area (Å²) in [4.78, 5) is 0. The molecule has 0 amide bonds. The van der Waals surface area contributed by atoms with Crippen molar-refractivity contribution in [2.24, 2.45) is 5.16 Å². The molecule has 0 fully saturated rings. The van der Waals surface area contributed by atoms with Crippen LogP contribution in [0.4, 0.5) is 5.82 Å². The van der Waals surface area contributed by atoms with E-state index in [-0.39, 0.29) is 17.3 Å². The monoisotopic (exact) mass is 217 g/mol. The van der Waals surface area contributed by atoms with Crippen molar-refractivity contribution in [1.82, 2.24) is 15.6 Å². The van der Waals surface area contributed by atoms with Crippen LogP contribution in [-0.2, 0) is 0 Å². The molecule has 0 aromatic carbocycles. The minimum atomic E-state index is 0.0921. The van der Waals surface area contributed by atoms with Crippen molar-refractivity contribution < 1.29 is 9.84 Å². The van der Waals surface area contributed by atoms with Crippen LogP contribution in [0.25, 0.3) is 0 Å². The molecular formula is C6H11N5O2S. The van der Waals surface area contributed by atoms with Crippen molar-refractivity contribution >= 4 is 23.4 Å². The number of hydrogen-bond acceptors (Lipinski definition) is 7. The maximum Gasteiger partial charge on any atom is 0.199 e.